The number of nitrogens with zero attached hydrogens (tertiary/aromatic N) is 1. The lowest BCUT2D eigenvalue weighted by atomic mass is 9.90. The number of aliphatic carboxylic acids is 2. The molecule has 1 heterocycles. The molecule has 7 nitrogen and oxygen atoms in total. The fourth-order valence-electron chi connectivity index (χ4n) is 3.18. The van der Waals surface area contributed by atoms with Crippen molar-refractivity contribution in [1.29, 1.82) is 0 Å². The maximum Gasteiger partial charge on any atom is 0.336 e. The second-order valence-electron chi connectivity index (χ2n) is 6.83. The highest BCUT2D eigenvalue weighted by Gasteiger charge is 2.40. The van der Waals surface area contributed by atoms with Gasteiger partial charge in [0.2, 0.25) is 0 Å². The van der Waals surface area contributed by atoms with Crippen LogP contribution in [-0.2, 0) is 16.1 Å². The van der Waals surface area contributed by atoms with Crippen LogP contribution in [0.15, 0.2) is 30.5 Å². The van der Waals surface area contributed by atoms with Gasteiger partial charge < -0.3 is 25.0 Å². The summed E-state index contributed by atoms with van der Waals surface area (Å²) in [6.45, 7) is 0.805. The van der Waals surface area contributed by atoms with E-state index in [-0.39, 0.29) is 0 Å². The molecular formula is C19H24ClNO6. The summed E-state index contributed by atoms with van der Waals surface area (Å²) in [5.74, 6) is -3.06. The highest BCUT2D eigenvalue weighted by atomic mass is 35.5. The number of unbranched alkanes of at least 4 members (excludes halogenated alkanes) is 2. The maximum absolute atomic E-state index is 11.1. The van der Waals surface area contributed by atoms with Crippen molar-refractivity contribution in [2.24, 2.45) is 0 Å². The Morgan fingerprint density at radius 2 is 1.89 bits per heavy atom. The van der Waals surface area contributed by atoms with Crippen LogP contribution in [0.1, 0.15) is 38.5 Å². The van der Waals surface area contributed by atoms with E-state index in [1.807, 2.05) is 30.5 Å². The fraction of sp³-hybridized carbons (Fsp3) is 0.474. The minimum absolute atomic E-state index is 0.303. The summed E-state index contributed by atoms with van der Waals surface area (Å²) in [7, 11) is 0. The molecule has 2 atom stereocenters. The van der Waals surface area contributed by atoms with Crippen molar-refractivity contribution in [1.82, 2.24) is 4.57 Å². The number of carboxylic acids is 2. The van der Waals surface area contributed by atoms with Crippen LogP contribution in [-0.4, -0.2) is 48.6 Å². The first-order valence-corrected chi connectivity index (χ1v) is 9.19. The smallest absolute Gasteiger partial charge is 0.336 e. The molecule has 1 aromatic carbocycles. The zero-order valence-corrected chi connectivity index (χ0v) is 15.6. The van der Waals surface area contributed by atoms with Gasteiger partial charge in [-0.05, 0) is 37.1 Å². The summed E-state index contributed by atoms with van der Waals surface area (Å²) in [4.78, 5) is 21.8. The predicted octanol–water partition coefficient (Wildman–Crippen LogP) is 2.90. The zero-order valence-electron chi connectivity index (χ0n) is 14.8. The summed E-state index contributed by atoms with van der Waals surface area (Å²) in [6, 6.07) is 7.72. The van der Waals surface area contributed by atoms with Crippen LogP contribution in [0.5, 0.6) is 0 Å². The third-order valence-electron chi connectivity index (χ3n) is 4.58. The minimum atomic E-state index is -2.45. The lowest BCUT2D eigenvalue weighted by Crippen LogP contribution is -2.43. The molecule has 2 rings (SSSR count). The number of hydrogen-bond donors (Lipinski definition) is 4. The van der Waals surface area contributed by atoms with E-state index in [0.717, 1.165) is 30.3 Å². The van der Waals surface area contributed by atoms with E-state index >= 15 is 0 Å². The molecule has 0 amide bonds. The second kappa shape index (κ2) is 9.21. The average Bonchev–Trinajstić information content (AvgIpc) is 2.95. The standard InChI is InChI=1S/C19H24ClNO6/c20-14-5-6-16-13(10-14)7-9-21(16)8-3-1-2-4-15(22)11-19(27,18(25)26)12-17(23)24/h5-7,9-10,15,22,27H,1-4,8,11-12H2,(H,23,24)(H,25,26)/t15-,19+/m1/s1. The average molecular weight is 398 g/mol. The Morgan fingerprint density at radius 3 is 2.56 bits per heavy atom. The molecule has 0 aliphatic rings. The molecule has 0 saturated heterocycles. The molecule has 8 heteroatoms. The van der Waals surface area contributed by atoms with Crippen LogP contribution in [0.4, 0.5) is 0 Å². The molecule has 0 fully saturated rings. The lowest BCUT2D eigenvalue weighted by Gasteiger charge is -2.24. The molecule has 0 bridgehead atoms. The minimum Gasteiger partial charge on any atom is -0.481 e. The van der Waals surface area contributed by atoms with Crippen molar-refractivity contribution >= 4 is 34.4 Å². The first-order valence-electron chi connectivity index (χ1n) is 8.81. The third-order valence-corrected chi connectivity index (χ3v) is 4.82. The molecule has 0 saturated carbocycles. The number of hydrogen-bond acceptors (Lipinski definition) is 4. The Balaban J connectivity index is 1.75. The highest BCUT2D eigenvalue weighted by molar-refractivity contribution is 6.31. The monoisotopic (exact) mass is 397 g/mol. The summed E-state index contributed by atoms with van der Waals surface area (Å²) in [6.07, 6.45) is 2.12. The Kier molecular flexibility index (Phi) is 7.24. The first-order chi connectivity index (χ1) is 12.7. The van der Waals surface area contributed by atoms with E-state index in [0.29, 0.717) is 17.9 Å². The predicted molar refractivity (Wildman–Crippen MR) is 101 cm³/mol. The van der Waals surface area contributed by atoms with Crippen molar-refractivity contribution < 1.29 is 30.0 Å². The molecule has 0 aliphatic carbocycles. The van der Waals surface area contributed by atoms with Crippen molar-refractivity contribution in [2.75, 3.05) is 0 Å². The topological polar surface area (TPSA) is 120 Å². The number of rotatable bonds is 11. The quantitative estimate of drug-likeness (QED) is 0.433. The number of carboxylic acid groups (broad SMARTS) is 2. The van der Waals surface area contributed by atoms with Crippen molar-refractivity contribution in [3.63, 3.8) is 0 Å². The molecule has 0 spiro atoms. The summed E-state index contributed by atoms with van der Waals surface area (Å²) in [5.41, 5.74) is -1.35. The number of carbonyl (C=O) groups is 2. The van der Waals surface area contributed by atoms with Gasteiger partial charge >= 0.3 is 11.9 Å². The highest BCUT2D eigenvalue weighted by Crippen LogP contribution is 2.23. The molecule has 0 unspecified atom stereocenters. The van der Waals surface area contributed by atoms with Crippen molar-refractivity contribution in [2.45, 2.75) is 56.8 Å². The van der Waals surface area contributed by atoms with Gasteiger partial charge in [0.25, 0.3) is 0 Å². The summed E-state index contributed by atoms with van der Waals surface area (Å²) in [5, 5.41) is 39.4. The lowest BCUT2D eigenvalue weighted by molar-refractivity contribution is -0.168. The van der Waals surface area contributed by atoms with Crippen LogP contribution in [0.25, 0.3) is 10.9 Å². The van der Waals surface area contributed by atoms with Gasteiger partial charge in [-0.2, -0.15) is 0 Å². The number of aliphatic hydroxyl groups excluding tert-OH is 1. The Hall–Kier alpha value is -2.09. The Bertz CT molecular complexity index is 805. The molecule has 27 heavy (non-hydrogen) atoms. The van der Waals surface area contributed by atoms with E-state index in [1.54, 1.807) is 0 Å². The Labute approximate surface area is 161 Å². The molecule has 0 radical (unpaired) electrons. The molecule has 0 aliphatic heterocycles. The van der Waals surface area contributed by atoms with Crippen LogP contribution < -0.4 is 0 Å². The van der Waals surface area contributed by atoms with Crippen molar-refractivity contribution in [3.8, 4) is 0 Å². The number of fused-ring (bicyclic) bond motifs is 1. The fourth-order valence-corrected chi connectivity index (χ4v) is 3.36. The van der Waals surface area contributed by atoms with Gasteiger partial charge in [-0.15, -0.1) is 0 Å². The largest absolute Gasteiger partial charge is 0.481 e. The number of benzene rings is 1. The van der Waals surface area contributed by atoms with Gasteiger partial charge in [-0.1, -0.05) is 24.4 Å². The van der Waals surface area contributed by atoms with E-state index < -0.39 is 36.5 Å². The van der Waals surface area contributed by atoms with E-state index in [2.05, 4.69) is 4.57 Å². The van der Waals surface area contributed by atoms with Gasteiger partial charge in [0.05, 0.1) is 12.5 Å². The Morgan fingerprint density at radius 1 is 1.15 bits per heavy atom. The van der Waals surface area contributed by atoms with E-state index in [9.17, 15) is 19.8 Å². The van der Waals surface area contributed by atoms with Crippen molar-refractivity contribution in [3.05, 3.63) is 35.5 Å². The van der Waals surface area contributed by atoms with E-state index in [1.165, 1.54) is 0 Å². The van der Waals surface area contributed by atoms with Gasteiger partial charge in [0.15, 0.2) is 5.60 Å². The summed E-state index contributed by atoms with van der Waals surface area (Å²) >= 11 is 5.98. The molecule has 4 N–H and O–H groups in total. The van der Waals surface area contributed by atoms with Crippen LogP contribution in [0.3, 0.4) is 0 Å². The van der Waals surface area contributed by atoms with Gasteiger partial charge in [-0.25, -0.2) is 4.79 Å². The van der Waals surface area contributed by atoms with Crippen LogP contribution >= 0.6 is 11.6 Å². The third kappa shape index (κ3) is 5.95. The van der Waals surface area contributed by atoms with Crippen LogP contribution in [0.2, 0.25) is 5.02 Å². The molecular weight excluding hydrogens is 374 g/mol. The normalized spacial score (nSPS) is 14.8. The molecule has 148 valence electrons. The first kappa shape index (κ1) is 21.2. The molecule has 2 aromatic rings. The second-order valence-corrected chi connectivity index (χ2v) is 7.26. The van der Waals surface area contributed by atoms with Gasteiger partial charge in [0.1, 0.15) is 0 Å². The molecule has 1 aromatic heterocycles. The summed E-state index contributed by atoms with van der Waals surface area (Å²) < 4.78 is 2.12. The van der Waals surface area contributed by atoms with Crippen LogP contribution in [0, 0.1) is 0 Å². The van der Waals surface area contributed by atoms with E-state index in [4.69, 9.17) is 21.8 Å². The number of aromatic nitrogens is 1. The number of aliphatic hydroxyl groups is 2. The maximum atomic E-state index is 11.1. The number of halogens is 1. The van der Waals surface area contributed by atoms with Gasteiger partial charge in [0, 0.05) is 35.1 Å². The number of aryl methyl sites for hydroxylation is 1. The zero-order chi connectivity index (χ0) is 20.0. The SMILES string of the molecule is O=C(O)C[C@@](O)(C[C@H](O)CCCCCn1ccc2cc(Cl)ccc21)C(=O)O. The van der Waals surface area contributed by atoms with Gasteiger partial charge in [-0.3, -0.25) is 4.79 Å².